The summed E-state index contributed by atoms with van der Waals surface area (Å²) in [5.41, 5.74) is 9.44. The lowest BCUT2D eigenvalue weighted by molar-refractivity contribution is -0.127. The van der Waals surface area contributed by atoms with Crippen LogP contribution in [0.2, 0.25) is 0 Å². The third-order valence-corrected chi connectivity index (χ3v) is 4.34. The first-order valence-electron chi connectivity index (χ1n) is 6.59. The highest BCUT2D eigenvalue weighted by Crippen LogP contribution is 2.50. The Kier molecular flexibility index (Phi) is 2.36. The molecule has 1 aromatic rings. The molecule has 0 saturated carbocycles. The van der Waals surface area contributed by atoms with Crippen molar-refractivity contribution in [1.29, 1.82) is 0 Å². The van der Waals surface area contributed by atoms with Gasteiger partial charge in [0, 0.05) is 17.5 Å². The molecule has 2 aliphatic heterocycles. The van der Waals surface area contributed by atoms with Gasteiger partial charge in [-0.1, -0.05) is 38.1 Å². The number of benzene rings is 1. The summed E-state index contributed by atoms with van der Waals surface area (Å²) in [4.78, 5) is 14.2. The highest BCUT2D eigenvalue weighted by molar-refractivity contribution is 6.00. The van der Waals surface area contributed by atoms with E-state index in [0.717, 1.165) is 11.1 Å². The summed E-state index contributed by atoms with van der Waals surface area (Å²) in [6.07, 6.45) is 3.85. The Morgan fingerprint density at radius 1 is 1.26 bits per heavy atom. The Labute approximate surface area is 113 Å². The third kappa shape index (κ3) is 1.25. The molecule has 0 saturated heterocycles. The predicted molar refractivity (Wildman–Crippen MR) is 75.7 cm³/mol. The maximum Gasteiger partial charge on any atom is 0.256 e. The molecular formula is C16H18N2O. The molecule has 2 aliphatic rings. The molecule has 1 aromatic carbocycles. The number of nitrogens with zero attached hydrogens (tertiary/aromatic N) is 1. The molecule has 0 bridgehead atoms. The van der Waals surface area contributed by atoms with Crippen molar-refractivity contribution in [2.75, 3.05) is 0 Å². The van der Waals surface area contributed by atoms with Crippen molar-refractivity contribution in [2.24, 2.45) is 11.7 Å². The molecule has 2 heterocycles. The van der Waals surface area contributed by atoms with E-state index in [0.29, 0.717) is 11.3 Å². The van der Waals surface area contributed by atoms with Crippen molar-refractivity contribution >= 4 is 12.0 Å². The molecule has 1 unspecified atom stereocenters. The molecule has 1 amide bonds. The largest absolute Gasteiger partial charge is 0.399 e. The van der Waals surface area contributed by atoms with Crippen molar-refractivity contribution in [1.82, 2.24) is 4.90 Å². The van der Waals surface area contributed by atoms with Crippen molar-refractivity contribution in [3.63, 3.8) is 0 Å². The topological polar surface area (TPSA) is 46.3 Å². The van der Waals surface area contributed by atoms with Crippen molar-refractivity contribution in [2.45, 2.75) is 26.3 Å². The fourth-order valence-electron chi connectivity index (χ4n) is 3.38. The number of hydrogen-bond acceptors (Lipinski definition) is 2. The molecule has 0 spiro atoms. The van der Waals surface area contributed by atoms with Crippen LogP contribution in [0.1, 0.15) is 31.9 Å². The van der Waals surface area contributed by atoms with Gasteiger partial charge in [0.05, 0.1) is 0 Å². The minimum Gasteiger partial charge on any atom is -0.399 e. The van der Waals surface area contributed by atoms with Gasteiger partial charge in [-0.2, -0.15) is 0 Å². The van der Waals surface area contributed by atoms with Gasteiger partial charge >= 0.3 is 0 Å². The van der Waals surface area contributed by atoms with Crippen LogP contribution in [0, 0.1) is 5.92 Å². The number of hydrogen-bond donors (Lipinski definition) is 1. The van der Waals surface area contributed by atoms with E-state index in [1.165, 1.54) is 0 Å². The van der Waals surface area contributed by atoms with Gasteiger partial charge < -0.3 is 5.73 Å². The standard InChI is InChI=1S/C16H18N2O/c1-10(2)16-13-7-5-4-6-12(13)8-9-18(16)15(19)11(3)14(16)17/h4-10H,17H2,1-3H3. The maximum atomic E-state index is 12.4. The zero-order valence-corrected chi connectivity index (χ0v) is 11.5. The van der Waals surface area contributed by atoms with Gasteiger partial charge in [0.15, 0.2) is 0 Å². The second-order valence-electron chi connectivity index (χ2n) is 5.54. The smallest absolute Gasteiger partial charge is 0.256 e. The molecule has 0 fully saturated rings. The quantitative estimate of drug-likeness (QED) is 0.837. The van der Waals surface area contributed by atoms with Crippen LogP contribution in [-0.4, -0.2) is 10.8 Å². The first kappa shape index (κ1) is 12.0. The van der Waals surface area contributed by atoms with E-state index in [1.54, 1.807) is 4.90 Å². The van der Waals surface area contributed by atoms with E-state index in [9.17, 15) is 4.79 Å². The maximum absolute atomic E-state index is 12.4. The second-order valence-corrected chi connectivity index (χ2v) is 5.54. The van der Waals surface area contributed by atoms with Crippen LogP contribution < -0.4 is 5.73 Å². The molecule has 2 N–H and O–H groups in total. The van der Waals surface area contributed by atoms with Crippen LogP contribution >= 0.6 is 0 Å². The summed E-state index contributed by atoms with van der Waals surface area (Å²) in [5, 5.41) is 0. The number of carbonyl (C=O) groups is 1. The van der Waals surface area contributed by atoms with Crippen LogP contribution in [0.15, 0.2) is 41.7 Å². The highest BCUT2D eigenvalue weighted by atomic mass is 16.2. The van der Waals surface area contributed by atoms with Gasteiger partial charge in [-0.15, -0.1) is 0 Å². The zero-order chi connectivity index (χ0) is 13.8. The number of nitrogens with two attached hydrogens (primary N) is 1. The first-order chi connectivity index (χ1) is 9.01. The van der Waals surface area contributed by atoms with Crippen LogP contribution in [0.25, 0.3) is 6.08 Å². The Morgan fingerprint density at radius 2 is 1.95 bits per heavy atom. The molecule has 0 radical (unpaired) electrons. The average molecular weight is 254 g/mol. The number of fused-ring (bicyclic) bond motifs is 3. The SMILES string of the molecule is CC1=C(N)C2(C(C)C)c3ccccc3C=CN2C1=O. The van der Waals surface area contributed by atoms with Gasteiger partial charge in [0.1, 0.15) is 5.54 Å². The number of rotatable bonds is 1. The highest BCUT2D eigenvalue weighted by Gasteiger charge is 2.53. The third-order valence-electron chi connectivity index (χ3n) is 4.34. The second kappa shape index (κ2) is 3.73. The fourth-order valence-corrected chi connectivity index (χ4v) is 3.38. The molecule has 3 nitrogen and oxygen atoms in total. The van der Waals surface area contributed by atoms with Crippen LogP contribution in [-0.2, 0) is 10.3 Å². The van der Waals surface area contributed by atoms with E-state index < -0.39 is 5.54 Å². The number of carbonyl (C=O) groups excluding carboxylic acids is 1. The van der Waals surface area contributed by atoms with E-state index in [1.807, 2.05) is 31.3 Å². The normalized spacial score (nSPS) is 25.1. The Bertz CT molecular complexity index is 627. The summed E-state index contributed by atoms with van der Waals surface area (Å²) < 4.78 is 0. The lowest BCUT2D eigenvalue weighted by atomic mass is 9.74. The first-order valence-corrected chi connectivity index (χ1v) is 6.59. The van der Waals surface area contributed by atoms with Crippen LogP contribution in [0.3, 0.4) is 0 Å². The van der Waals surface area contributed by atoms with Gasteiger partial charge in [-0.05, 0) is 30.0 Å². The molecule has 3 heteroatoms. The lowest BCUT2D eigenvalue weighted by Gasteiger charge is -2.44. The van der Waals surface area contributed by atoms with Crippen molar-refractivity contribution in [3.8, 4) is 0 Å². The van der Waals surface area contributed by atoms with Gasteiger partial charge in [-0.3, -0.25) is 9.69 Å². The van der Waals surface area contributed by atoms with Crippen molar-refractivity contribution in [3.05, 3.63) is 52.9 Å². The van der Waals surface area contributed by atoms with Gasteiger partial charge in [0.2, 0.25) is 0 Å². The summed E-state index contributed by atoms with van der Waals surface area (Å²) in [6.45, 7) is 6.04. The number of amides is 1. The summed E-state index contributed by atoms with van der Waals surface area (Å²) in [6, 6.07) is 8.16. The van der Waals surface area contributed by atoms with E-state index in [-0.39, 0.29) is 11.8 Å². The van der Waals surface area contributed by atoms with E-state index in [4.69, 9.17) is 5.73 Å². The molecule has 98 valence electrons. The van der Waals surface area contributed by atoms with Crippen LogP contribution in [0.4, 0.5) is 0 Å². The van der Waals surface area contributed by atoms with Crippen molar-refractivity contribution < 1.29 is 4.79 Å². The van der Waals surface area contributed by atoms with Crippen LogP contribution in [0.5, 0.6) is 0 Å². The Balaban J connectivity index is 2.38. The minimum absolute atomic E-state index is 0.0111. The van der Waals surface area contributed by atoms with Gasteiger partial charge in [-0.25, -0.2) is 0 Å². The van der Waals surface area contributed by atoms with E-state index in [2.05, 4.69) is 26.0 Å². The molecule has 19 heavy (non-hydrogen) atoms. The Morgan fingerprint density at radius 3 is 2.63 bits per heavy atom. The molecular weight excluding hydrogens is 236 g/mol. The minimum atomic E-state index is -0.521. The monoisotopic (exact) mass is 254 g/mol. The van der Waals surface area contributed by atoms with E-state index >= 15 is 0 Å². The lowest BCUT2D eigenvalue weighted by Crippen LogP contribution is -2.50. The molecule has 0 aliphatic carbocycles. The predicted octanol–water partition coefficient (Wildman–Crippen LogP) is 2.60. The summed E-state index contributed by atoms with van der Waals surface area (Å²) in [7, 11) is 0. The van der Waals surface area contributed by atoms with Gasteiger partial charge in [0.25, 0.3) is 5.91 Å². The molecule has 3 rings (SSSR count). The summed E-state index contributed by atoms with van der Waals surface area (Å²) >= 11 is 0. The molecule has 1 atom stereocenters. The zero-order valence-electron chi connectivity index (χ0n) is 11.5. The average Bonchev–Trinajstić information content (AvgIpc) is 2.61. The summed E-state index contributed by atoms with van der Waals surface area (Å²) in [5.74, 6) is 0.219. The fraction of sp³-hybridized carbons (Fsp3) is 0.312. The molecule has 0 aromatic heterocycles. The Hall–Kier alpha value is -2.03.